The van der Waals surface area contributed by atoms with Crippen molar-refractivity contribution in [1.82, 2.24) is 4.98 Å². The van der Waals surface area contributed by atoms with Gasteiger partial charge in [0.1, 0.15) is 0 Å². The highest BCUT2D eigenvalue weighted by Gasteiger charge is 2.11. The average Bonchev–Trinajstić information content (AvgIpc) is 2.29. The first kappa shape index (κ1) is 11.6. The minimum Gasteiger partial charge on any atom is -0.491 e. The molecular weight excluding hydrogens is 196 g/mol. The maximum atomic E-state index is 5.52. The fourth-order valence-electron chi connectivity index (χ4n) is 1.10. The Morgan fingerprint density at radius 3 is 2.27 bits per heavy atom. The largest absolute Gasteiger partial charge is 0.491 e. The fourth-order valence-corrected chi connectivity index (χ4v) is 1.10. The van der Waals surface area contributed by atoms with Crippen LogP contribution in [0.2, 0.25) is 0 Å². The second-order valence-corrected chi connectivity index (χ2v) is 2.86. The zero-order valence-electron chi connectivity index (χ0n) is 9.03. The molecular formula is C10H16N2O3. The van der Waals surface area contributed by atoms with Crippen molar-refractivity contribution in [1.29, 1.82) is 0 Å². The SMILES string of the molecule is COc1cncc(OC)c1OCCCN. The number of aromatic nitrogens is 1. The van der Waals surface area contributed by atoms with Crippen molar-refractivity contribution >= 4 is 0 Å². The molecule has 0 bridgehead atoms. The van der Waals surface area contributed by atoms with Gasteiger partial charge >= 0.3 is 0 Å². The van der Waals surface area contributed by atoms with Gasteiger partial charge in [-0.1, -0.05) is 0 Å². The molecule has 2 N–H and O–H groups in total. The van der Waals surface area contributed by atoms with Crippen LogP contribution in [-0.4, -0.2) is 32.4 Å². The van der Waals surface area contributed by atoms with E-state index in [1.165, 1.54) is 0 Å². The topological polar surface area (TPSA) is 66.6 Å². The van der Waals surface area contributed by atoms with Crippen LogP contribution < -0.4 is 19.9 Å². The third kappa shape index (κ3) is 2.99. The van der Waals surface area contributed by atoms with Gasteiger partial charge in [0.25, 0.3) is 0 Å². The van der Waals surface area contributed by atoms with Crippen LogP contribution in [-0.2, 0) is 0 Å². The molecule has 0 aromatic carbocycles. The molecule has 5 heteroatoms. The lowest BCUT2D eigenvalue weighted by Crippen LogP contribution is -2.07. The zero-order valence-corrected chi connectivity index (χ0v) is 9.03. The third-order valence-electron chi connectivity index (χ3n) is 1.87. The number of rotatable bonds is 6. The Morgan fingerprint density at radius 2 is 1.80 bits per heavy atom. The number of pyridine rings is 1. The highest BCUT2D eigenvalue weighted by molar-refractivity contribution is 5.48. The van der Waals surface area contributed by atoms with Gasteiger partial charge in [-0.3, -0.25) is 4.98 Å². The van der Waals surface area contributed by atoms with Gasteiger partial charge in [0.15, 0.2) is 11.5 Å². The normalized spacial score (nSPS) is 9.80. The van der Waals surface area contributed by atoms with Gasteiger partial charge in [-0.2, -0.15) is 0 Å². The standard InChI is InChI=1S/C10H16N2O3/c1-13-8-6-12-7-9(14-2)10(8)15-5-3-4-11/h6-7H,3-5,11H2,1-2H3. The molecule has 5 nitrogen and oxygen atoms in total. The minimum atomic E-state index is 0.535. The first-order valence-corrected chi connectivity index (χ1v) is 4.72. The molecule has 1 aromatic rings. The van der Waals surface area contributed by atoms with E-state index in [4.69, 9.17) is 19.9 Å². The predicted octanol–water partition coefficient (Wildman–Crippen LogP) is 0.826. The van der Waals surface area contributed by atoms with E-state index in [2.05, 4.69) is 4.98 Å². The molecule has 0 aliphatic carbocycles. The van der Waals surface area contributed by atoms with Crippen LogP contribution in [0.25, 0.3) is 0 Å². The number of nitrogens with zero attached hydrogens (tertiary/aromatic N) is 1. The molecule has 0 saturated carbocycles. The molecule has 0 amide bonds. The summed E-state index contributed by atoms with van der Waals surface area (Å²) in [7, 11) is 3.12. The van der Waals surface area contributed by atoms with Crippen LogP contribution in [0, 0.1) is 0 Å². The summed E-state index contributed by atoms with van der Waals surface area (Å²) in [4.78, 5) is 3.96. The molecule has 84 valence electrons. The van der Waals surface area contributed by atoms with Crippen molar-refractivity contribution in [2.45, 2.75) is 6.42 Å². The fraction of sp³-hybridized carbons (Fsp3) is 0.500. The van der Waals surface area contributed by atoms with Crippen LogP contribution in [0.5, 0.6) is 17.2 Å². The van der Waals surface area contributed by atoms with Gasteiger partial charge in [0.2, 0.25) is 5.75 Å². The molecule has 0 atom stereocenters. The van der Waals surface area contributed by atoms with E-state index in [1.807, 2.05) is 0 Å². The lowest BCUT2D eigenvalue weighted by molar-refractivity contribution is 0.271. The zero-order chi connectivity index (χ0) is 11.1. The Kier molecular flexibility index (Phi) is 4.70. The van der Waals surface area contributed by atoms with Gasteiger partial charge in [0, 0.05) is 0 Å². The average molecular weight is 212 g/mol. The highest BCUT2D eigenvalue weighted by Crippen LogP contribution is 2.35. The van der Waals surface area contributed by atoms with Crippen LogP contribution in [0.4, 0.5) is 0 Å². The summed E-state index contributed by atoms with van der Waals surface area (Å²) in [5, 5.41) is 0. The van der Waals surface area contributed by atoms with Crippen LogP contribution in [0.3, 0.4) is 0 Å². The summed E-state index contributed by atoms with van der Waals surface area (Å²) in [5.41, 5.74) is 5.38. The molecule has 0 saturated heterocycles. The maximum Gasteiger partial charge on any atom is 0.206 e. The van der Waals surface area contributed by atoms with Crippen molar-refractivity contribution in [3.05, 3.63) is 12.4 Å². The van der Waals surface area contributed by atoms with Crippen molar-refractivity contribution in [3.8, 4) is 17.2 Å². The molecule has 15 heavy (non-hydrogen) atoms. The van der Waals surface area contributed by atoms with Gasteiger partial charge in [-0.05, 0) is 13.0 Å². The molecule has 0 unspecified atom stereocenters. The summed E-state index contributed by atoms with van der Waals surface area (Å²) >= 11 is 0. The Hall–Kier alpha value is -1.49. The van der Waals surface area contributed by atoms with Gasteiger partial charge in [0.05, 0.1) is 33.2 Å². The number of nitrogens with two attached hydrogens (primary N) is 1. The lowest BCUT2D eigenvalue weighted by Gasteiger charge is -2.12. The van der Waals surface area contributed by atoms with E-state index in [1.54, 1.807) is 26.6 Å². The van der Waals surface area contributed by atoms with Gasteiger partial charge in [-0.25, -0.2) is 0 Å². The van der Waals surface area contributed by atoms with Crippen LogP contribution >= 0.6 is 0 Å². The summed E-state index contributed by atoms with van der Waals surface area (Å²) < 4.78 is 15.8. The van der Waals surface area contributed by atoms with Crippen molar-refractivity contribution < 1.29 is 14.2 Å². The summed E-state index contributed by atoms with van der Waals surface area (Å²) in [5.74, 6) is 1.70. The number of hydrogen-bond donors (Lipinski definition) is 1. The number of ether oxygens (including phenoxy) is 3. The summed E-state index contributed by atoms with van der Waals surface area (Å²) in [6, 6.07) is 0. The Balaban J connectivity index is 2.80. The second kappa shape index (κ2) is 6.08. The molecule has 1 rings (SSSR count). The smallest absolute Gasteiger partial charge is 0.206 e. The maximum absolute atomic E-state index is 5.52. The Bertz CT molecular complexity index is 282. The van der Waals surface area contributed by atoms with Crippen LogP contribution in [0.1, 0.15) is 6.42 Å². The number of methoxy groups -OCH3 is 2. The molecule has 0 aliphatic rings. The van der Waals surface area contributed by atoms with E-state index in [-0.39, 0.29) is 0 Å². The van der Waals surface area contributed by atoms with E-state index < -0.39 is 0 Å². The monoisotopic (exact) mass is 212 g/mol. The van der Waals surface area contributed by atoms with E-state index in [9.17, 15) is 0 Å². The van der Waals surface area contributed by atoms with Crippen molar-refractivity contribution in [3.63, 3.8) is 0 Å². The van der Waals surface area contributed by atoms with Crippen molar-refractivity contribution in [2.24, 2.45) is 5.73 Å². The van der Waals surface area contributed by atoms with E-state index in [0.29, 0.717) is 30.4 Å². The third-order valence-corrected chi connectivity index (χ3v) is 1.87. The first-order chi connectivity index (χ1) is 7.33. The van der Waals surface area contributed by atoms with Crippen LogP contribution in [0.15, 0.2) is 12.4 Å². The lowest BCUT2D eigenvalue weighted by atomic mass is 10.4. The molecule has 0 radical (unpaired) electrons. The molecule has 0 spiro atoms. The summed E-state index contributed by atoms with van der Waals surface area (Å²) in [6.45, 7) is 1.13. The predicted molar refractivity (Wildman–Crippen MR) is 56.5 cm³/mol. The van der Waals surface area contributed by atoms with Gasteiger partial charge in [-0.15, -0.1) is 0 Å². The molecule has 0 fully saturated rings. The summed E-state index contributed by atoms with van der Waals surface area (Å²) in [6.07, 6.45) is 3.95. The van der Waals surface area contributed by atoms with E-state index >= 15 is 0 Å². The molecule has 1 aromatic heterocycles. The van der Waals surface area contributed by atoms with Crippen molar-refractivity contribution in [2.75, 3.05) is 27.4 Å². The first-order valence-electron chi connectivity index (χ1n) is 4.72. The van der Waals surface area contributed by atoms with Gasteiger partial charge < -0.3 is 19.9 Å². The quantitative estimate of drug-likeness (QED) is 0.707. The Morgan fingerprint density at radius 1 is 1.20 bits per heavy atom. The molecule has 0 aliphatic heterocycles. The second-order valence-electron chi connectivity index (χ2n) is 2.86. The minimum absolute atomic E-state index is 0.535. The number of hydrogen-bond acceptors (Lipinski definition) is 5. The Labute approximate surface area is 89.2 Å². The highest BCUT2D eigenvalue weighted by atomic mass is 16.5. The molecule has 1 heterocycles. The van der Waals surface area contributed by atoms with E-state index in [0.717, 1.165) is 6.42 Å².